The van der Waals surface area contributed by atoms with E-state index >= 15 is 0 Å². The largest absolute Gasteiger partial charge is 0.364 e. The molecule has 0 heterocycles. The van der Waals surface area contributed by atoms with Crippen molar-refractivity contribution >= 4 is 31.9 Å². The predicted molar refractivity (Wildman–Crippen MR) is 75.1 cm³/mol. The Bertz CT molecular complexity index is 376. The lowest BCUT2D eigenvalue weighted by atomic mass is 10.1. The maximum atomic E-state index is 12.8. The van der Waals surface area contributed by atoms with E-state index in [-0.39, 0.29) is 13.2 Å². The molecule has 0 aliphatic carbocycles. The van der Waals surface area contributed by atoms with Crippen LogP contribution in [0.15, 0.2) is 30.3 Å². The molecule has 1 aromatic rings. The number of benzene rings is 1. The molecule has 17 heavy (non-hydrogen) atoms. The van der Waals surface area contributed by atoms with Gasteiger partial charge in [0.15, 0.2) is 0 Å². The average Bonchev–Trinajstić information content (AvgIpc) is 2.28. The lowest BCUT2D eigenvalue weighted by molar-refractivity contribution is 0.130. The van der Waals surface area contributed by atoms with Crippen LogP contribution in [-0.4, -0.2) is 16.7 Å². The molecule has 0 amide bonds. The highest BCUT2D eigenvalue weighted by atomic mass is 79.9. The van der Waals surface area contributed by atoms with E-state index in [1.807, 2.05) is 18.2 Å². The van der Waals surface area contributed by atoms with Gasteiger partial charge in [-0.15, -0.1) is 5.92 Å². The molecule has 0 N–H and O–H groups in total. The summed E-state index contributed by atoms with van der Waals surface area (Å²) in [5.74, 6) is 5.84. The van der Waals surface area contributed by atoms with Crippen LogP contribution in [0.2, 0.25) is 0 Å². The summed E-state index contributed by atoms with van der Waals surface area (Å²) in [5.41, 5.74) is 1.27. The molecular weight excluding hydrogens is 351 g/mol. The third kappa shape index (κ3) is 8.37. The highest BCUT2D eigenvalue weighted by Crippen LogP contribution is 2.27. The van der Waals surface area contributed by atoms with Crippen molar-refractivity contribution in [3.63, 3.8) is 0 Å². The Morgan fingerprint density at radius 3 is 2.53 bits per heavy atom. The fourth-order valence-corrected chi connectivity index (χ4v) is 1.53. The summed E-state index contributed by atoms with van der Waals surface area (Å²) in [6, 6.07) is 10.2. The molecule has 0 radical (unpaired) electrons. The van der Waals surface area contributed by atoms with Gasteiger partial charge < -0.3 is 4.74 Å². The highest BCUT2D eigenvalue weighted by molar-refractivity contribution is 9.25. The number of alkyl halides is 3. The van der Waals surface area contributed by atoms with Crippen LogP contribution in [0.1, 0.15) is 12.0 Å². The van der Waals surface area contributed by atoms with Gasteiger partial charge in [0.25, 0.3) is 0 Å². The molecule has 92 valence electrons. The molecule has 0 atom stereocenters. The molecule has 0 spiro atoms. The second kappa shape index (κ2) is 7.86. The fourth-order valence-electron chi connectivity index (χ4n) is 1.21. The smallest absolute Gasteiger partial charge is 0.241 e. The van der Waals surface area contributed by atoms with E-state index in [4.69, 9.17) is 4.74 Å². The Hall–Kier alpha value is -0.370. The molecule has 0 saturated carbocycles. The van der Waals surface area contributed by atoms with E-state index in [0.29, 0.717) is 0 Å². The van der Waals surface area contributed by atoms with Crippen LogP contribution >= 0.6 is 31.9 Å². The average molecular weight is 364 g/mol. The summed E-state index contributed by atoms with van der Waals surface area (Å²) in [6.45, 7) is 0.179. The Morgan fingerprint density at radius 2 is 1.88 bits per heavy atom. The number of hydrogen-bond donors (Lipinski definition) is 0. The van der Waals surface area contributed by atoms with Crippen molar-refractivity contribution in [1.29, 1.82) is 0 Å². The summed E-state index contributed by atoms with van der Waals surface area (Å²) in [6.07, 6.45) is 1.72. The number of hydrogen-bond acceptors (Lipinski definition) is 1. The minimum Gasteiger partial charge on any atom is -0.364 e. The molecule has 1 rings (SSSR count). The SMILES string of the molecule is FC(Br)(Br)COCC#CCCc1ccccc1. The van der Waals surface area contributed by atoms with E-state index in [1.54, 1.807) is 0 Å². The van der Waals surface area contributed by atoms with Gasteiger partial charge >= 0.3 is 0 Å². The molecule has 0 fully saturated rings. The second-order valence-corrected chi connectivity index (χ2v) is 7.03. The van der Waals surface area contributed by atoms with Gasteiger partial charge in [0.1, 0.15) is 13.2 Å². The molecule has 0 aliphatic rings. The molecule has 1 aromatic carbocycles. The monoisotopic (exact) mass is 362 g/mol. The summed E-state index contributed by atoms with van der Waals surface area (Å²) in [7, 11) is 0. The molecule has 0 aliphatic heterocycles. The molecule has 0 bridgehead atoms. The van der Waals surface area contributed by atoms with Crippen molar-refractivity contribution in [2.75, 3.05) is 13.2 Å². The van der Waals surface area contributed by atoms with Crippen LogP contribution in [0.25, 0.3) is 0 Å². The normalized spacial score (nSPS) is 10.8. The Labute approximate surface area is 118 Å². The first-order valence-electron chi connectivity index (χ1n) is 5.22. The van der Waals surface area contributed by atoms with E-state index in [0.717, 1.165) is 12.8 Å². The van der Waals surface area contributed by atoms with E-state index in [9.17, 15) is 4.39 Å². The summed E-state index contributed by atoms with van der Waals surface area (Å²) >= 11 is 5.54. The minimum absolute atomic E-state index is 0.0691. The van der Waals surface area contributed by atoms with Gasteiger partial charge in [-0.2, -0.15) is 0 Å². The van der Waals surface area contributed by atoms with Gasteiger partial charge in [-0.3, -0.25) is 0 Å². The third-order valence-corrected chi connectivity index (χ3v) is 2.40. The lowest BCUT2D eigenvalue weighted by Gasteiger charge is -2.07. The van der Waals surface area contributed by atoms with Crippen molar-refractivity contribution < 1.29 is 9.13 Å². The molecule has 0 unspecified atom stereocenters. The highest BCUT2D eigenvalue weighted by Gasteiger charge is 2.20. The number of aryl methyl sites for hydroxylation is 1. The van der Waals surface area contributed by atoms with Crippen LogP contribution in [0.3, 0.4) is 0 Å². The molecule has 4 heteroatoms. The van der Waals surface area contributed by atoms with Gasteiger partial charge in [-0.1, -0.05) is 36.3 Å². The fraction of sp³-hybridized carbons (Fsp3) is 0.385. The van der Waals surface area contributed by atoms with Crippen LogP contribution in [0, 0.1) is 11.8 Å². The summed E-state index contributed by atoms with van der Waals surface area (Å²) in [4.78, 5) is 0. The summed E-state index contributed by atoms with van der Waals surface area (Å²) < 4.78 is 16.2. The van der Waals surface area contributed by atoms with Crippen LogP contribution < -0.4 is 0 Å². The maximum absolute atomic E-state index is 12.8. The number of rotatable bonds is 5. The van der Waals surface area contributed by atoms with Gasteiger partial charge in [0, 0.05) is 6.42 Å². The first-order valence-corrected chi connectivity index (χ1v) is 6.81. The van der Waals surface area contributed by atoms with Crippen molar-refractivity contribution in [3.05, 3.63) is 35.9 Å². The van der Waals surface area contributed by atoms with Crippen LogP contribution in [0.4, 0.5) is 4.39 Å². The predicted octanol–water partition coefficient (Wildman–Crippen LogP) is 4.05. The zero-order valence-corrected chi connectivity index (χ0v) is 12.4. The topological polar surface area (TPSA) is 9.23 Å². The first kappa shape index (κ1) is 14.7. The minimum atomic E-state index is -1.65. The Kier molecular flexibility index (Phi) is 6.79. The molecule has 0 aromatic heterocycles. The lowest BCUT2D eigenvalue weighted by Crippen LogP contribution is -2.12. The van der Waals surface area contributed by atoms with Crippen molar-refractivity contribution in [3.8, 4) is 11.8 Å². The zero-order valence-electron chi connectivity index (χ0n) is 9.26. The Morgan fingerprint density at radius 1 is 1.18 bits per heavy atom. The summed E-state index contributed by atoms with van der Waals surface area (Å²) in [5, 5.41) is 0. The number of halogens is 3. The van der Waals surface area contributed by atoms with Crippen LogP contribution in [-0.2, 0) is 11.2 Å². The van der Waals surface area contributed by atoms with Crippen molar-refractivity contribution in [2.24, 2.45) is 0 Å². The van der Waals surface area contributed by atoms with E-state index < -0.39 is 3.49 Å². The van der Waals surface area contributed by atoms with Crippen LogP contribution in [0.5, 0.6) is 0 Å². The molecule has 1 nitrogen and oxygen atoms in total. The van der Waals surface area contributed by atoms with Crippen molar-refractivity contribution in [1.82, 2.24) is 0 Å². The standard InChI is InChI=1S/C13H13Br2FO/c14-13(15,16)11-17-10-6-2-5-9-12-7-3-1-4-8-12/h1,3-4,7-8H,5,9-11H2. The third-order valence-electron chi connectivity index (χ3n) is 1.95. The Balaban J connectivity index is 2.11. The maximum Gasteiger partial charge on any atom is 0.241 e. The molecular formula is C13H13Br2FO. The zero-order chi connectivity index (χ0) is 12.6. The number of ether oxygens (including phenoxy) is 1. The van der Waals surface area contributed by atoms with E-state index in [2.05, 4.69) is 55.8 Å². The van der Waals surface area contributed by atoms with Gasteiger partial charge in [-0.25, -0.2) is 4.39 Å². The first-order chi connectivity index (χ1) is 8.08. The quantitative estimate of drug-likeness (QED) is 0.435. The van der Waals surface area contributed by atoms with E-state index in [1.165, 1.54) is 5.56 Å². The van der Waals surface area contributed by atoms with Gasteiger partial charge in [0.2, 0.25) is 3.49 Å². The van der Waals surface area contributed by atoms with Gasteiger partial charge in [-0.05, 0) is 43.8 Å². The van der Waals surface area contributed by atoms with Gasteiger partial charge in [0.05, 0.1) is 0 Å². The molecule has 0 saturated heterocycles. The van der Waals surface area contributed by atoms with Crippen molar-refractivity contribution in [2.45, 2.75) is 16.3 Å². The second-order valence-electron chi connectivity index (χ2n) is 3.45.